The second-order valence-corrected chi connectivity index (χ2v) is 5.75. The van der Waals surface area contributed by atoms with Crippen molar-refractivity contribution in [3.63, 3.8) is 0 Å². The third-order valence-corrected chi connectivity index (χ3v) is 4.42. The average molecular weight is 230 g/mol. The van der Waals surface area contributed by atoms with E-state index < -0.39 is 0 Å². The standard InChI is InChI=1S/C17H26/c1-15-9-5-7-13-17(15)14-8-6-12-16-10-3-2-4-11-16/h2-4,10-11,15,17H,5-9,12-14H2,1H3. The van der Waals surface area contributed by atoms with Crippen molar-refractivity contribution < 1.29 is 0 Å². The van der Waals surface area contributed by atoms with E-state index >= 15 is 0 Å². The lowest BCUT2D eigenvalue weighted by Gasteiger charge is -2.28. The summed E-state index contributed by atoms with van der Waals surface area (Å²) >= 11 is 0. The summed E-state index contributed by atoms with van der Waals surface area (Å²) in [5.41, 5.74) is 1.50. The van der Waals surface area contributed by atoms with E-state index in [4.69, 9.17) is 0 Å². The van der Waals surface area contributed by atoms with Crippen LogP contribution in [0.25, 0.3) is 0 Å². The summed E-state index contributed by atoms with van der Waals surface area (Å²) in [7, 11) is 0. The maximum atomic E-state index is 2.46. The average Bonchev–Trinajstić information content (AvgIpc) is 2.38. The van der Waals surface area contributed by atoms with Gasteiger partial charge in [-0.15, -0.1) is 0 Å². The summed E-state index contributed by atoms with van der Waals surface area (Å²) in [6.45, 7) is 2.46. The van der Waals surface area contributed by atoms with Gasteiger partial charge in [0.2, 0.25) is 0 Å². The van der Waals surface area contributed by atoms with Gasteiger partial charge in [-0.1, -0.05) is 75.8 Å². The van der Waals surface area contributed by atoms with Crippen LogP contribution in [0.5, 0.6) is 0 Å². The van der Waals surface area contributed by atoms with E-state index in [1.54, 1.807) is 0 Å². The normalized spacial score (nSPS) is 24.8. The van der Waals surface area contributed by atoms with Crippen LogP contribution in [0.4, 0.5) is 0 Å². The van der Waals surface area contributed by atoms with Gasteiger partial charge in [-0.3, -0.25) is 0 Å². The molecule has 0 heterocycles. The minimum Gasteiger partial charge on any atom is -0.0622 e. The van der Waals surface area contributed by atoms with Crippen molar-refractivity contribution in [3.05, 3.63) is 35.9 Å². The molecule has 0 heteroatoms. The van der Waals surface area contributed by atoms with Crippen molar-refractivity contribution in [2.24, 2.45) is 11.8 Å². The fourth-order valence-corrected chi connectivity index (χ4v) is 3.20. The van der Waals surface area contributed by atoms with Crippen LogP contribution in [0.1, 0.15) is 57.4 Å². The number of hydrogen-bond acceptors (Lipinski definition) is 0. The Labute approximate surface area is 106 Å². The van der Waals surface area contributed by atoms with Gasteiger partial charge in [0.15, 0.2) is 0 Å². The van der Waals surface area contributed by atoms with E-state index in [2.05, 4.69) is 37.3 Å². The van der Waals surface area contributed by atoms with Crippen molar-refractivity contribution in [2.75, 3.05) is 0 Å². The van der Waals surface area contributed by atoms with E-state index in [1.165, 1.54) is 56.9 Å². The van der Waals surface area contributed by atoms with Gasteiger partial charge < -0.3 is 0 Å². The highest BCUT2D eigenvalue weighted by Crippen LogP contribution is 2.33. The quantitative estimate of drug-likeness (QED) is 0.608. The lowest BCUT2D eigenvalue weighted by molar-refractivity contribution is 0.237. The van der Waals surface area contributed by atoms with Crippen molar-refractivity contribution >= 4 is 0 Å². The van der Waals surface area contributed by atoms with Crippen LogP contribution in [0, 0.1) is 11.8 Å². The zero-order valence-electron chi connectivity index (χ0n) is 11.2. The van der Waals surface area contributed by atoms with Crippen LogP contribution in [-0.4, -0.2) is 0 Å². The fraction of sp³-hybridized carbons (Fsp3) is 0.647. The lowest BCUT2D eigenvalue weighted by Crippen LogP contribution is -2.16. The van der Waals surface area contributed by atoms with Crippen LogP contribution in [0.2, 0.25) is 0 Å². The predicted octanol–water partition coefficient (Wildman–Crippen LogP) is 5.23. The molecule has 0 saturated heterocycles. The third kappa shape index (κ3) is 4.18. The SMILES string of the molecule is CC1CCCCC1CCCCc1ccccc1. The van der Waals surface area contributed by atoms with Gasteiger partial charge in [-0.2, -0.15) is 0 Å². The summed E-state index contributed by atoms with van der Waals surface area (Å²) in [6.07, 6.45) is 11.4. The number of aryl methyl sites for hydroxylation is 1. The van der Waals surface area contributed by atoms with Crippen LogP contribution in [0.3, 0.4) is 0 Å². The molecule has 0 radical (unpaired) electrons. The summed E-state index contributed by atoms with van der Waals surface area (Å²) in [5, 5.41) is 0. The Morgan fingerprint density at radius 2 is 1.76 bits per heavy atom. The van der Waals surface area contributed by atoms with Gasteiger partial charge in [-0.05, 0) is 30.2 Å². The van der Waals surface area contributed by atoms with Gasteiger partial charge >= 0.3 is 0 Å². The first kappa shape index (κ1) is 12.7. The number of unbranched alkanes of at least 4 members (excludes halogenated alkanes) is 1. The zero-order valence-corrected chi connectivity index (χ0v) is 11.2. The molecule has 1 fully saturated rings. The lowest BCUT2D eigenvalue weighted by atomic mass is 9.78. The Balaban J connectivity index is 1.63. The molecular weight excluding hydrogens is 204 g/mol. The Kier molecular flexibility index (Phi) is 5.09. The van der Waals surface area contributed by atoms with Crippen molar-refractivity contribution in [2.45, 2.75) is 58.3 Å². The second kappa shape index (κ2) is 6.83. The monoisotopic (exact) mass is 230 g/mol. The molecule has 0 spiro atoms. The third-order valence-electron chi connectivity index (χ3n) is 4.42. The molecule has 1 aromatic rings. The Bertz CT molecular complexity index is 301. The Hall–Kier alpha value is -0.780. The molecule has 0 amide bonds. The first-order valence-electron chi connectivity index (χ1n) is 7.40. The highest BCUT2D eigenvalue weighted by molar-refractivity contribution is 5.14. The molecule has 94 valence electrons. The van der Waals surface area contributed by atoms with E-state index in [-0.39, 0.29) is 0 Å². The maximum Gasteiger partial charge on any atom is -0.0279 e. The van der Waals surface area contributed by atoms with Crippen LogP contribution in [0.15, 0.2) is 30.3 Å². The van der Waals surface area contributed by atoms with E-state index in [0.717, 1.165) is 11.8 Å². The summed E-state index contributed by atoms with van der Waals surface area (Å²) in [5.74, 6) is 2.01. The minimum absolute atomic E-state index is 0.987. The topological polar surface area (TPSA) is 0 Å². The maximum absolute atomic E-state index is 2.46. The highest BCUT2D eigenvalue weighted by Gasteiger charge is 2.20. The summed E-state index contributed by atoms with van der Waals surface area (Å²) in [6, 6.07) is 10.9. The fourth-order valence-electron chi connectivity index (χ4n) is 3.20. The van der Waals surface area contributed by atoms with Gasteiger partial charge in [0, 0.05) is 0 Å². The van der Waals surface area contributed by atoms with Crippen molar-refractivity contribution in [1.29, 1.82) is 0 Å². The number of rotatable bonds is 5. The van der Waals surface area contributed by atoms with Gasteiger partial charge in [0.25, 0.3) is 0 Å². The van der Waals surface area contributed by atoms with Crippen LogP contribution >= 0.6 is 0 Å². The van der Waals surface area contributed by atoms with E-state index in [1.807, 2.05) is 0 Å². The van der Waals surface area contributed by atoms with Crippen LogP contribution < -0.4 is 0 Å². The molecule has 2 unspecified atom stereocenters. The molecular formula is C17H26. The Morgan fingerprint density at radius 3 is 2.53 bits per heavy atom. The first-order chi connectivity index (χ1) is 8.36. The first-order valence-corrected chi connectivity index (χ1v) is 7.40. The van der Waals surface area contributed by atoms with Gasteiger partial charge in [-0.25, -0.2) is 0 Å². The Morgan fingerprint density at radius 1 is 1.00 bits per heavy atom. The van der Waals surface area contributed by atoms with E-state index in [9.17, 15) is 0 Å². The molecule has 2 atom stereocenters. The predicted molar refractivity (Wildman–Crippen MR) is 75.1 cm³/mol. The molecule has 1 aliphatic carbocycles. The largest absolute Gasteiger partial charge is 0.0622 e. The van der Waals surface area contributed by atoms with Crippen LogP contribution in [-0.2, 0) is 6.42 Å². The molecule has 0 bridgehead atoms. The van der Waals surface area contributed by atoms with E-state index in [0.29, 0.717) is 0 Å². The molecule has 1 aliphatic rings. The molecule has 1 saturated carbocycles. The second-order valence-electron chi connectivity index (χ2n) is 5.75. The molecule has 0 aliphatic heterocycles. The zero-order chi connectivity index (χ0) is 11.9. The molecule has 0 nitrogen and oxygen atoms in total. The van der Waals surface area contributed by atoms with Gasteiger partial charge in [0.1, 0.15) is 0 Å². The van der Waals surface area contributed by atoms with Crippen molar-refractivity contribution in [1.82, 2.24) is 0 Å². The molecule has 0 aromatic heterocycles. The minimum atomic E-state index is 0.987. The highest BCUT2D eigenvalue weighted by atomic mass is 14.3. The molecule has 17 heavy (non-hydrogen) atoms. The number of hydrogen-bond donors (Lipinski definition) is 0. The van der Waals surface area contributed by atoms with Crippen molar-refractivity contribution in [3.8, 4) is 0 Å². The number of benzene rings is 1. The van der Waals surface area contributed by atoms with Gasteiger partial charge in [0.05, 0.1) is 0 Å². The summed E-state index contributed by atoms with van der Waals surface area (Å²) in [4.78, 5) is 0. The smallest absolute Gasteiger partial charge is 0.0279 e. The molecule has 1 aromatic carbocycles. The molecule has 2 rings (SSSR count). The summed E-state index contributed by atoms with van der Waals surface area (Å²) < 4.78 is 0. The molecule has 0 N–H and O–H groups in total.